The fourth-order valence-electron chi connectivity index (χ4n) is 4.87. The predicted molar refractivity (Wildman–Crippen MR) is 97.7 cm³/mol. The maximum atomic E-state index is 13.3. The highest BCUT2D eigenvalue weighted by atomic mass is 35.5. The van der Waals surface area contributed by atoms with E-state index in [0.29, 0.717) is 23.5 Å². The van der Waals surface area contributed by atoms with E-state index < -0.39 is 0 Å². The van der Waals surface area contributed by atoms with Gasteiger partial charge in [0.25, 0.3) is 0 Å². The smallest absolute Gasteiger partial charge is 0.230 e. The number of aliphatic hydroxyl groups is 1. The van der Waals surface area contributed by atoms with Crippen molar-refractivity contribution in [1.82, 2.24) is 9.88 Å². The average molecular weight is 364 g/mol. The standard InChI is InChI=1S/C19H26ClN3O2/c20-16-3-1-10-21-17(16)22-11-2-8-19(13-22)9-12-23(18(19)25)14-4-6-15(24)7-5-14/h1,3,10,14-15,24H,2,4-9,11-13H2/t14-,15+,19?. The summed E-state index contributed by atoms with van der Waals surface area (Å²) >= 11 is 6.33. The van der Waals surface area contributed by atoms with Crippen molar-refractivity contribution >= 4 is 23.3 Å². The van der Waals surface area contributed by atoms with Gasteiger partial charge >= 0.3 is 0 Å². The average Bonchev–Trinajstić information content (AvgIpc) is 2.92. The largest absolute Gasteiger partial charge is 0.393 e. The third-order valence-electron chi connectivity index (χ3n) is 6.27. The molecule has 1 aromatic rings. The van der Waals surface area contributed by atoms with Gasteiger partial charge in [-0.2, -0.15) is 0 Å². The normalized spacial score (nSPS) is 33.3. The van der Waals surface area contributed by atoms with Crippen molar-refractivity contribution in [2.45, 2.75) is 57.1 Å². The molecular formula is C19H26ClN3O2. The first kappa shape index (κ1) is 17.1. The summed E-state index contributed by atoms with van der Waals surface area (Å²) in [5.74, 6) is 1.11. The number of carbonyl (C=O) groups excluding carboxylic acids is 1. The molecule has 0 bridgehead atoms. The van der Waals surface area contributed by atoms with Crippen LogP contribution in [0.5, 0.6) is 0 Å². The minimum atomic E-state index is -0.283. The first-order valence-electron chi connectivity index (χ1n) is 9.44. The van der Waals surface area contributed by atoms with E-state index in [-0.39, 0.29) is 11.5 Å². The molecule has 5 nitrogen and oxygen atoms in total. The van der Waals surface area contributed by atoms with Gasteiger partial charge in [0.2, 0.25) is 5.91 Å². The van der Waals surface area contributed by atoms with Crippen LogP contribution >= 0.6 is 11.6 Å². The van der Waals surface area contributed by atoms with Gasteiger partial charge in [0.05, 0.1) is 16.5 Å². The van der Waals surface area contributed by atoms with Crippen LogP contribution in [0.4, 0.5) is 5.82 Å². The molecule has 1 unspecified atom stereocenters. The summed E-state index contributed by atoms with van der Waals surface area (Å²) in [6, 6.07) is 4.01. The van der Waals surface area contributed by atoms with Gasteiger partial charge in [0.15, 0.2) is 0 Å². The lowest BCUT2D eigenvalue weighted by atomic mass is 9.78. The van der Waals surface area contributed by atoms with Crippen molar-refractivity contribution in [3.63, 3.8) is 0 Å². The van der Waals surface area contributed by atoms with E-state index in [2.05, 4.69) is 14.8 Å². The van der Waals surface area contributed by atoms with Crippen LogP contribution in [0, 0.1) is 5.41 Å². The van der Waals surface area contributed by atoms with E-state index in [9.17, 15) is 9.90 Å². The zero-order chi connectivity index (χ0) is 17.4. The number of aliphatic hydroxyl groups excluding tert-OH is 1. The van der Waals surface area contributed by atoms with E-state index >= 15 is 0 Å². The first-order valence-corrected chi connectivity index (χ1v) is 9.81. The van der Waals surface area contributed by atoms with Crippen LogP contribution in [0.3, 0.4) is 0 Å². The Hall–Kier alpha value is -1.33. The predicted octanol–water partition coefficient (Wildman–Crippen LogP) is 2.86. The highest BCUT2D eigenvalue weighted by Crippen LogP contribution is 2.43. The Morgan fingerprint density at radius 2 is 2.00 bits per heavy atom. The summed E-state index contributed by atoms with van der Waals surface area (Å²) in [6.45, 7) is 2.47. The molecule has 136 valence electrons. The number of carbonyl (C=O) groups is 1. The summed E-state index contributed by atoms with van der Waals surface area (Å²) in [4.78, 5) is 22.0. The number of halogens is 1. The molecule has 25 heavy (non-hydrogen) atoms. The van der Waals surface area contributed by atoms with E-state index in [0.717, 1.165) is 63.9 Å². The molecule has 1 aliphatic carbocycles. The van der Waals surface area contributed by atoms with Gasteiger partial charge in [-0.15, -0.1) is 0 Å². The van der Waals surface area contributed by atoms with Crippen molar-refractivity contribution in [3.8, 4) is 0 Å². The Labute approximate surface area is 154 Å². The van der Waals surface area contributed by atoms with E-state index in [1.54, 1.807) is 6.20 Å². The van der Waals surface area contributed by atoms with Crippen molar-refractivity contribution in [2.75, 3.05) is 24.5 Å². The van der Waals surface area contributed by atoms with Crippen LogP contribution in [0.25, 0.3) is 0 Å². The van der Waals surface area contributed by atoms with Crippen molar-refractivity contribution < 1.29 is 9.90 Å². The number of anilines is 1. The van der Waals surface area contributed by atoms with Gasteiger partial charge in [-0.3, -0.25) is 4.79 Å². The number of hydrogen-bond acceptors (Lipinski definition) is 4. The van der Waals surface area contributed by atoms with Crippen LogP contribution in [-0.2, 0) is 4.79 Å². The zero-order valence-electron chi connectivity index (χ0n) is 14.5. The fourth-order valence-corrected chi connectivity index (χ4v) is 5.11. The Bertz CT molecular complexity index is 647. The maximum absolute atomic E-state index is 13.3. The second kappa shape index (κ2) is 6.76. The number of pyridine rings is 1. The number of nitrogens with zero attached hydrogens (tertiary/aromatic N) is 3. The van der Waals surface area contributed by atoms with E-state index in [1.807, 2.05) is 12.1 Å². The molecule has 6 heteroatoms. The molecule has 4 rings (SSSR count). The Kier molecular flexibility index (Phi) is 4.63. The summed E-state index contributed by atoms with van der Waals surface area (Å²) in [5.41, 5.74) is -0.283. The number of rotatable bonds is 2. The van der Waals surface area contributed by atoms with Gasteiger partial charge in [0, 0.05) is 31.9 Å². The maximum Gasteiger partial charge on any atom is 0.230 e. The Balaban J connectivity index is 1.50. The SMILES string of the molecule is O=C1N([C@H]2CC[C@@H](O)CC2)CCC12CCCN(c1ncccc1Cl)C2. The fraction of sp³-hybridized carbons (Fsp3) is 0.684. The van der Waals surface area contributed by atoms with Crippen molar-refractivity contribution in [3.05, 3.63) is 23.4 Å². The molecule has 2 saturated heterocycles. The van der Waals surface area contributed by atoms with Crippen LogP contribution in [-0.4, -0.2) is 52.7 Å². The van der Waals surface area contributed by atoms with Gasteiger partial charge in [-0.25, -0.2) is 4.98 Å². The van der Waals surface area contributed by atoms with Crippen LogP contribution in [0.2, 0.25) is 5.02 Å². The van der Waals surface area contributed by atoms with Gasteiger partial charge in [-0.05, 0) is 57.1 Å². The molecule has 1 spiro atoms. The van der Waals surface area contributed by atoms with E-state index in [4.69, 9.17) is 11.6 Å². The van der Waals surface area contributed by atoms with E-state index in [1.165, 1.54) is 0 Å². The lowest BCUT2D eigenvalue weighted by Gasteiger charge is -2.41. The molecule has 1 aromatic heterocycles. The highest BCUT2D eigenvalue weighted by Gasteiger charge is 2.50. The van der Waals surface area contributed by atoms with Gasteiger partial charge < -0.3 is 14.9 Å². The molecule has 1 amide bonds. The third-order valence-corrected chi connectivity index (χ3v) is 6.56. The van der Waals surface area contributed by atoms with Crippen molar-refractivity contribution in [1.29, 1.82) is 0 Å². The second-order valence-corrected chi connectivity index (χ2v) is 8.23. The molecule has 1 atom stereocenters. The summed E-state index contributed by atoms with van der Waals surface area (Å²) in [7, 11) is 0. The Morgan fingerprint density at radius 3 is 2.76 bits per heavy atom. The summed E-state index contributed by atoms with van der Waals surface area (Å²) in [5, 5.41) is 10.4. The number of amides is 1. The lowest BCUT2D eigenvalue weighted by molar-refractivity contribution is -0.139. The molecule has 0 radical (unpaired) electrons. The minimum Gasteiger partial charge on any atom is -0.393 e. The van der Waals surface area contributed by atoms with Gasteiger partial charge in [-0.1, -0.05) is 11.6 Å². The Morgan fingerprint density at radius 1 is 1.20 bits per heavy atom. The molecule has 1 N–H and O–H groups in total. The molecule has 3 fully saturated rings. The molecule has 1 saturated carbocycles. The second-order valence-electron chi connectivity index (χ2n) is 7.83. The third kappa shape index (κ3) is 3.13. The summed E-state index contributed by atoms with van der Waals surface area (Å²) in [6.07, 6.45) is 7.95. The highest BCUT2D eigenvalue weighted by molar-refractivity contribution is 6.32. The topological polar surface area (TPSA) is 56.7 Å². The molecule has 3 aliphatic rings. The van der Waals surface area contributed by atoms with Crippen LogP contribution < -0.4 is 4.90 Å². The number of likely N-dealkylation sites (tertiary alicyclic amines) is 1. The number of piperidine rings is 1. The lowest BCUT2D eigenvalue weighted by Crippen LogP contribution is -2.50. The molecular weight excluding hydrogens is 338 g/mol. The molecule has 2 aliphatic heterocycles. The zero-order valence-corrected chi connectivity index (χ0v) is 15.3. The quantitative estimate of drug-likeness (QED) is 0.877. The monoisotopic (exact) mass is 363 g/mol. The number of hydrogen-bond donors (Lipinski definition) is 1. The molecule has 3 heterocycles. The van der Waals surface area contributed by atoms with Crippen LogP contribution in [0.1, 0.15) is 44.9 Å². The van der Waals surface area contributed by atoms with Gasteiger partial charge in [0.1, 0.15) is 5.82 Å². The molecule has 0 aromatic carbocycles. The van der Waals surface area contributed by atoms with Crippen LogP contribution in [0.15, 0.2) is 18.3 Å². The minimum absolute atomic E-state index is 0.181. The first-order chi connectivity index (χ1) is 12.1. The summed E-state index contributed by atoms with van der Waals surface area (Å²) < 4.78 is 0. The number of aromatic nitrogens is 1. The van der Waals surface area contributed by atoms with Crippen molar-refractivity contribution in [2.24, 2.45) is 5.41 Å².